The van der Waals surface area contributed by atoms with Crippen LogP contribution in [0.15, 0.2) is 46.6 Å². The summed E-state index contributed by atoms with van der Waals surface area (Å²) in [5, 5.41) is 2.03. The molecule has 2 aromatic heterocycles. The van der Waals surface area contributed by atoms with Crippen molar-refractivity contribution in [2.24, 2.45) is 7.05 Å². The summed E-state index contributed by atoms with van der Waals surface area (Å²) in [5.74, 6) is 0.0179. The molecule has 1 aliphatic carbocycles. The van der Waals surface area contributed by atoms with Crippen molar-refractivity contribution in [2.75, 3.05) is 0 Å². The summed E-state index contributed by atoms with van der Waals surface area (Å²) in [5.41, 5.74) is 1.52. The van der Waals surface area contributed by atoms with E-state index in [1.165, 1.54) is 4.88 Å². The number of benzene rings is 1. The second-order valence-corrected chi connectivity index (χ2v) is 7.28. The summed E-state index contributed by atoms with van der Waals surface area (Å²) in [6.07, 6.45) is 2.11. The van der Waals surface area contributed by atoms with E-state index < -0.39 is 0 Å². The van der Waals surface area contributed by atoms with Gasteiger partial charge in [-0.1, -0.05) is 18.2 Å². The third kappa shape index (κ3) is 2.67. The van der Waals surface area contributed by atoms with Crippen LogP contribution >= 0.6 is 11.3 Å². The quantitative estimate of drug-likeness (QED) is 0.716. The fraction of sp³-hybridized carbons (Fsp3) is 0.333. The monoisotopic (exact) mass is 341 g/mol. The smallest absolute Gasteiger partial charge is 0.329 e. The van der Waals surface area contributed by atoms with Crippen LogP contribution in [0.2, 0.25) is 0 Å². The lowest BCUT2D eigenvalue weighted by molar-refractivity contribution is -0.133. The Kier molecular flexibility index (Phi) is 3.76. The van der Waals surface area contributed by atoms with Crippen molar-refractivity contribution in [1.82, 2.24) is 14.0 Å². The predicted octanol–water partition coefficient (Wildman–Crippen LogP) is 2.59. The zero-order valence-electron chi connectivity index (χ0n) is 13.5. The lowest BCUT2D eigenvalue weighted by Crippen LogP contribution is -2.37. The number of hydrogen-bond acceptors (Lipinski definition) is 3. The minimum Gasteiger partial charge on any atom is -0.333 e. The largest absolute Gasteiger partial charge is 0.333 e. The van der Waals surface area contributed by atoms with Gasteiger partial charge in [0.05, 0.1) is 17.6 Å². The highest BCUT2D eigenvalue weighted by Crippen LogP contribution is 2.29. The Morgan fingerprint density at radius 3 is 2.62 bits per heavy atom. The second kappa shape index (κ2) is 5.94. The average Bonchev–Trinajstić information content (AvgIpc) is 3.25. The molecule has 0 aliphatic heterocycles. The molecule has 1 saturated carbocycles. The van der Waals surface area contributed by atoms with E-state index >= 15 is 0 Å². The van der Waals surface area contributed by atoms with Gasteiger partial charge < -0.3 is 4.90 Å². The van der Waals surface area contributed by atoms with Gasteiger partial charge in [-0.3, -0.25) is 13.9 Å². The number of para-hydroxylation sites is 2. The number of fused-ring (bicyclic) bond motifs is 1. The Hall–Kier alpha value is -2.34. The van der Waals surface area contributed by atoms with E-state index in [-0.39, 0.29) is 18.1 Å². The number of hydrogen-bond donors (Lipinski definition) is 0. The molecule has 5 nitrogen and oxygen atoms in total. The molecular weight excluding hydrogens is 322 g/mol. The van der Waals surface area contributed by atoms with Crippen molar-refractivity contribution in [3.63, 3.8) is 0 Å². The molecule has 0 N–H and O–H groups in total. The first-order valence-electron chi connectivity index (χ1n) is 8.11. The first-order chi connectivity index (χ1) is 11.6. The van der Waals surface area contributed by atoms with Gasteiger partial charge in [-0.2, -0.15) is 0 Å². The third-order valence-electron chi connectivity index (χ3n) is 4.56. The number of aryl methyl sites for hydroxylation is 1. The van der Waals surface area contributed by atoms with E-state index in [4.69, 9.17) is 0 Å². The van der Waals surface area contributed by atoms with Gasteiger partial charge in [0.2, 0.25) is 5.91 Å². The molecule has 0 radical (unpaired) electrons. The molecule has 0 spiro atoms. The number of carbonyl (C=O) groups is 1. The lowest BCUT2D eigenvalue weighted by Gasteiger charge is -2.22. The first kappa shape index (κ1) is 15.2. The van der Waals surface area contributed by atoms with E-state index in [0.717, 1.165) is 23.9 Å². The molecule has 1 fully saturated rings. The average molecular weight is 341 g/mol. The number of carbonyl (C=O) groups excluding carboxylic acids is 1. The van der Waals surface area contributed by atoms with Gasteiger partial charge in [0.1, 0.15) is 6.54 Å². The third-order valence-corrected chi connectivity index (χ3v) is 5.42. The van der Waals surface area contributed by atoms with Gasteiger partial charge in [-0.15, -0.1) is 11.3 Å². The number of amides is 1. The van der Waals surface area contributed by atoms with Gasteiger partial charge in [-0.25, -0.2) is 4.79 Å². The Labute approximate surface area is 143 Å². The van der Waals surface area contributed by atoms with Crippen molar-refractivity contribution in [3.05, 3.63) is 57.1 Å². The van der Waals surface area contributed by atoms with Gasteiger partial charge in [0.25, 0.3) is 0 Å². The molecule has 2 heterocycles. The van der Waals surface area contributed by atoms with Crippen molar-refractivity contribution in [1.29, 1.82) is 0 Å². The highest BCUT2D eigenvalue weighted by atomic mass is 32.1. The van der Waals surface area contributed by atoms with Crippen LogP contribution < -0.4 is 5.69 Å². The lowest BCUT2D eigenvalue weighted by atomic mass is 10.3. The van der Waals surface area contributed by atoms with Crippen LogP contribution in [0.4, 0.5) is 0 Å². The number of rotatable bonds is 5. The Morgan fingerprint density at radius 1 is 1.21 bits per heavy atom. The second-order valence-electron chi connectivity index (χ2n) is 6.25. The minimum atomic E-state index is -0.142. The van der Waals surface area contributed by atoms with Crippen LogP contribution in [0.1, 0.15) is 17.7 Å². The number of aromatic nitrogens is 2. The van der Waals surface area contributed by atoms with Crippen LogP contribution in [-0.4, -0.2) is 26.0 Å². The van der Waals surface area contributed by atoms with Crippen molar-refractivity contribution in [2.45, 2.75) is 32.0 Å². The fourth-order valence-corrected chi connectivity index (χ4v) is 3.82. The van der Waals surface area contributed by atoms with Gasteiger partial charge in [0, 0.05) is 18.0 Å². The zero-order chi connectivity index (χ0) is 16.7. The van der Waals surface area contributed by atoms with Crippen molar-refractivity contribution < 1.29 is 4.79 Å². The van der Waals surface area contributed by atoms with E-state index in [1.807, 2.05) is 40.6 Å². The van der Waals surface area contributed by atoms with Crippen molar-refractivity contribution >= 4 is 28.3 Å². The summed E-state index contributed by atoms with van der Waals surface area (Å²) in [7, 11) is 1.75. The number of imidazole rings is 1. The van der Waals surface area contributed by atoms with Gasteiger partial charge in [-0.05, 0) is 36.4 Å². The molecule has 4 rings (SSSR count). The van der Waals surface area contributed by atoms with E-state index in [9.17, 15) is 9.59 Å². The topological polar surface area (TPSA) is 47.2 Å². The fourth-order valence-electron chi connectivity index (χ4n) is 3.12. The molecule has 24 heavy (non-hydrogen) atoms. The van der Waals surface area contributed by atoms with Gasteiger partial charge >= 0.3 is 5.69 Å². The first-order valence-corrected chi connectivity index (χ1v) is 8.99. The molecule has 1 amide bonds. The maximum Gasteiger partial charge on any atom is 0.329 e. The summed E-state index contributed by atoms with van der Waals surface area (Å²) < 4.78 is 3.19. The van der Waals surface area contributed by atoms with Crippen LogP contribution in [-0.2, 0) is 24.9 Å². The number of nitrogens with zero attached hydrogens (tertiary/aromatic N) is 3. The zero-order valence-corrected chi connectivity index (χ0v) is 14.3. The van der Waals surface area contributed by atoms with Crippen LogP contribution in [0, 0.1) is 0 Å². The molecule has 0 bridgehead atoms. The minimum absolute atomic E-state index is 0.0179. The van der Waals surface area contributed by atoms with E-state index in [0.29, 0.717) is 12.6 Å². The molecule has 0 atom stereocenters. The molecule has 124 valence electrons. The number of thiophene rings is 1. The normalized spacial score (nSPS) is 14.2. The Morgan fingerprint density at radius 2 is 1.96 bits per heavy atom. The summed E-state index contributed by atoms with van der Waals surface area (Å²) in [6, 6.07) is 12.0. The van der Waals surface area contributed by atoms with Crippen LogP contribution in [0.25, 0.3) is 11.0 Å². The maximum absolute atomic E-state index is 12.9. The standard InChI is InChI=1S/C18H19N3O2S/c1-19-15-6-2-3-7-16(15)21(18(19)23)12-17(22)20(13-8-9-13)11-14-5-4-10-24-14/h2-7,10,13H,8-9,11-12H2,1H3. The maximum atomic E-state index is 12.9. The Bertz CT molecular complexity index is 935. The predicted molar refractivity (Wildman–Crippen MR) is 95.1 cm³/mol. The molecule has 1 aromatic carbocycles. The van der Waals surface area contributed by atoms with E-state index in [2.05, 4.69) is 6.07 Å². The molecular formula is C18H19N3O2S. The van der Waals surface area contributed by atoms with Crippen LogP contribution in [0.5, 0.6) is 0 Å². The van der Waals surface area contributed by atoms with E-state index in [1.54, 1.807) is 27.5 Å². The molecule has 3 aromatic rings. The summed E-state index contributed by atoms with van der Waals surface area (Å²) in [4.78, 5) is 28.5. The highest BCUT2D eigenvalue weighted by molar-refractivity contribution is 7.09. The summed E-state index contributed by atoms with van der Waals surface area (Å²) in [6.45, 7) is 0.739. The summed E-state index contributed by atoms with van der Waals surface area (Å²) >= 11 is 1.66. The molecule has 0 saturated heterocycles. The van der Waals surface area contributed by atoms with Crippen molar-refractivity contribution in [3.8, 4) is 0 Å². The Balaban J connectivity index is 1.63. The van der Waals surface area contributed by atoms with Crippen LogP contribution in [0.3, 0.4) is 0 Å². The van der Waals surface area contributed by atoms with Gasteiger partial charge in [0.15, 0.2) is 0 Å². The molecule has 6 heteroatoms. The molecule has 0 unspecified atom stereocenters. The SMILES string of the molecule is Cn1c(=O)n(CC(=O)N(Cc2cccs2)C2CC2)c2ccccc21. The highest BCUT2D eigenvalue weighted by Gasteiger charge is 2.33. The molecule has 1 aliphatic rings.